The van der Waals surface area contributed by atoms with Crippen molar-refractivity contribution < 1.29 is 23.5 Å². The lowest BCUT2D eigenvalue weighted by molar-refractivity contribution is -0.120. The van der Waals surface area contributed by atoms with Crippen LogP contribution in [0.5, 0.6) is 0 Å². The lowest BCUT2D eigenvalue weighted by Gasteiger charge is -2.03. The zero-order chi connectivity index (χ0) is 26.2. The molecule has 2 aromatic carbocycles. The van der Waals surface area contributed by atoms with Crippen LogP contribution in [0.1, 0.15) is 44.0 Å². The predicted octanol–water partition coefficient (Wildman–Crippen LogP) is 4.23. The summed E-state index contributed by atoms with van der Waals surface area (Å²) >= 11 is 1.11. The third-order valence-corrected chi connectivity index (χ3v) is 5.92. The van der Waals surface area contributed by atoms with E-state index in [9.17, 15) is 14.4 Å². The van der Waals surface area contributed by atoms with Crippen molar-refractivity contribution >= 4 is 40.5 Å². The van der Waals surface area contributed by atoms with Gasteiger partial charge in [-0.3, -0.25) is 14.9 Å². The molecule has 0 fully saturated rings. The van der Waals surface area contributed by atoms with E-state index in [1.807, 2.05) is 19.1 Å². The molecule has 2 amide bonds. The monoisotopic (exact) mass is 517 g/mol. The van der Waals surface area contributed by atoms with Crippen LogP contribution in [0.4, 0.5) is 5.13 Å². The van der Waals surface area contributed by atoms with Crippen molar-refractivity contribution in [1.29, 1.82) is 0 Å². The van der Waals surface area contributed by atoms with E-state index in [0.717, 1.165) is 22.5 Å². The van der Waals surface area contributed by atoms with Gasteiger partial charge in [0.2, 0.25) is 11.0 Å². The Balaban J connectivity index is 1.27. The fraction of sp³-hybridized carbons (Fsp3) is 0.154. The van der Waals surface area contributed by atoms with Crippen LogP contribution in [-0.2, 0) is 16.0 Å². The minimum atomic E-state index is -0.398. The van der Waals surface area contributed by atoms with Crippen LogP contribution in [0, 0.1) is 6.92 Å². The van der Waals surface area contributed by atoms with E-state index in [1.165, 1.54) is 6.21 Å². The fourth-order valence-corrected chi connectivity index (χ4v) is 4.01. The number of esters is 1. The van der Waals surface area contributed by atoms with Crippen molar-refractivity contribution in [2.45, 2.75) is 20.3 Å². The summed E-state index contributed by atoms with van der Waals surface area (Å²) in [4.78, 5) is 36.4. The molecule has 2 heterocycles. The number of anilines is 1. The number of ether oxygens (including phenoxy) is 1. The molecular formula is C26H23N5O5S. The minimum Gasteiger partial charge on any atom is -0.462 e. The average Bonchev–Trinajstić information content (AvgIpc) is 3.54. The minimum absolute atomic E-state index is 0.0501. The van der Waals surface area contributed by atoms with E-state index in [0.29, 0.717) is 39.4 Å². The van der Waals surface area contributed by atoms with Crippen molar-refractivity contribution in [3.05, 3.63) is 88.1 Å². The molecule has 0 spiro atoms. The van der Waals surface area contributed by atoms with Crippen molar-refractivity contribution in [3.8, 4) is 11.3 Å². The number of aryl methyl sites for hydroxylation is 1. The molecule has 2 N–H and O–H groups in total. The smallest absolute Gasteiger partial charge is 0.338 e. The number of hydrazone groups is 1. The third kappa shape index (κ3) is 6.73. The summed E-state index contributed by atoms with van der Waals surface area (Å²) in [6.07, 6.45) is 1.33. The Kier molecular flexibility index (Phi) is 8.16. The van der Waals surface area contributed by atoms with Gasteiger partial charge in [0.15, 0.2) is 0 Å². The summed E-state index contributed by atoms with van der Waals surface area (Å²) in [5, 5.41) is 15.2. The number of carbonyl (C=O) groups excluding carboxylic acids is 3. The first-order chi connectivity index (χ1) is 17.9. The second-order valence-corrected chi connectivity index (χ2v) is 8.80. The maximum atomic E-state index is 12.4. The zero-order valence-corrected chi connectivity index (χ0v) is 20.9. The third-order valence-electron chi connectivity index (χ3n) is 5.08. The number of carbonyl (C=O) groups is 3. The molecule has 10 nitrogen and oxygen atoms in total. The lowest BCUT2D eigenvalue weighted by Crippen LogP contribution is -2.19. The van der Waals surface area contributed by atoms with Crippen LogP contribution in [0.3, 0.4) is 0 Å². The van der Waals surface area contributed by atoms with E-state index in [1.54, 1.807) is 55.5 Å². The number of amides is 2. The van der Waals surface area contributed by atoms with E-state index in [2.05, 4.69) is 26.0 Å². The molecule has 0 radical (unpaired) electrons. The molecule has 0 saturated carbocycles. The molecule has 37 heavy (non-hydrogen) atoms. The Morgan fingerprint density at radius 2 is 1.84 bits per heavy atom. The summed E-state index contributed by atoms with van der Waals surface area (Å²) < 4.78 is 10.7. The van der Waals surface area contributed by atoms with Crippen LogP contribution in [-0.4, -0.2) is 40.8 Å². The fourth-order valence-electron chi connectivity index (χ4n) is 3.27. The van der Waals surface area contributed by atoms with Crippen LogP contribution in [0.25, 0.3) is 11.3 Å². The normalized spacial score (nSPS) is 10.9. The summed E-state index contributed by atoms with van der Waals surface area (Å²) in [5.74, 6) is -0.0545. The average molecular weight is 518 g/mol. The van der Waals surface area contributed by atoms with E-state index < -0.39 is 5.91 Å². The summed E-state index contributed by atoms with van der Waals surface area (Å²) in [6.45, 7) is 3.91. The number of rotatable bonds is 9. The maximum absolute atomic E-state index is 12.4. The van der Waals surface area contributed by atoms with E-state index in [4.69, 9.17) is 9.15 Å². The molecule has 0 unspecified atom stereocenters. The van der Waals surface area contributed by atoms with E-state index >= 15 is 0 Å². The molecule has 0 atom stereocenters. The number of aromatic nitrogens is 2. The first-order valence-electron chi connectivity index (χ1n) is 11.3. The van der Waals surface area contributed by atoms with Gasteiger partial charge in [-0.05, 0) is 49.7 Å². The van der Waals surface area contributed by atoms with Gasteiger partial charge in [0.25, 0.3) is 5.91 Å². The van der Waals surface area contributed by atoms with Crippen molar-refractivity contribution in [2.24, 2.45) is 5.10 Å². The Morgan fingerprint density at radius 1 is 1.05 bits per heavy atom. The summed E-state index contributed by atoms with van der Waals surface area (Å²) in [7, 11) is 0. The highest BCUT2D eigenvalue weighted by atomic mass is 32.1. The molecule has 4 aromatic rings. The van der Waals surface area contributed by atoms with Gasteiger partial charge in [-0.1, -0.05) is 41.7 Å². The Bertz CT molecular complexity index is 1440. The quantitative estimate of drug-likeness (QED) is 0.193. The molecule has 188 valence electrons. The molecule has 0 aliphatic heterocycles. The lowest BCUT2D eigenvalue weighted by atomic mass is 10.1. The van der Waals surface area contributed by atoms with Gasteiger partial charge in [-0.15, -0.1) is 10.2 Å². The Hall–Kier alpha value is -4.64. The summed E-state index contributed by atoms with van der Waals surface area (Å²) in [5.41, 5.74) is 5.03. The Morgan fingerprint density at radius 3 is 2.59 bits per heavy atom. The van der Waals surface area contributed by atoms with Crippen molar-refractivity contribution in [3.63, 3.8) is 0 Å². The van der Waals surface area contributed by atoms with Gasteiger partial charge in [0.1, 0.15) is 16.5 Å². The van der Waals surface area contributed by atoms with Crippen molar-refractivity contribution in [1.82, 2.24) is 15.6 Å². The second-order valence-electron chi connectivity index (χ2n) is 7.74. The largest absolute Gasteiger partial charge is 0.462 e. The first-order valence-corrected chi connectivity index (χ1v) is 12.1. The van der Waals surface area contributed by atoms with Crippen LogP contribution < -0.4 is 10.7 Å². The summed E-state index contributed by atoms with van der Waals surface area (Å²) in [6, 6.07) is 17.5. The molecular weight excluding hydrogens is 494 g/mol. The number of nitrogens with zero attached hydrogens (tertiary/aromatic N) is 3. The standard InChI is InChI=1S/C26H23N5O5S/c1-3-35-25(34)18-10-8-17(9-11-18)21-13-12-19(36-21)15-27-29-22(32)14-23-30-31-26(37-23)28-24(33)20-7-5-4-6-16(20)2/h4-13,15H,3,14H2,1-2H3,(H,29,32)(H,28,31,33)/b27-15-. The van der Waals surface area contributed by atoms with Crippen molar-refractivity contribution in [2.75, 3.05) is 11.9 Å². The predicted molar refractivity (Wildman–Crippen MR) is 139 cm³/mol. The maximum Gasteiger partial charge on any atom is 0.338 e. The number of benzene rings is 2. The van der Waals surface area contributed by atoms with Crippen LogP contribution in [0.2, 0.25) is 0 Å². The highest BCUT2D eigenvalue weighted by Crippen LogP contribution is 2.22. The van der Waals surface area contributed by atoms with Gasteiger partial charge >= 0.3 is 5.97 Å². The van der Waals surface area contributed by atoms with Gasteiger partial charge in [-0.2, -0.15) is 5.10 Å². The molecule has 2 aromatic heterocycles. The molecule has 4 rings (SSSR count). The van der Waals surface area contributed by atoms with Gasteiger partial charge < -0.3 is 9.15 Å². The molecule has 0 aliphatic carbocycles. The first kappa shape index (κ1) is 25.5. The SMILES string of the molecule is CCOC(=O)c1ccc(-c2ccc(/C=N\NC(=O)Cc3nnc(NC(=O)c4ccccc4C)s3)o2)cc1. The van der Waals surface area contributed by atoms with Crippen LogP contribution in [0.15, 0.2) is 70.2 Å². The molecule has 11 heteroatoms. The van der Waals surface area contributed by atoms with Gasteiger partial charge in [0, 0.05) is 11.1 Å². The van der Waals surface area contributed by atoms with Gasteiger partial charge in [-0.25, -0.2) is 10.2 Å². The zero-order valence-electron chi connectivity index (χ0n) is 20.1. The van der Waals surface area contributed by atoms with Gasteiger partial charge in [0.05, 0.1) is 24.8 Å². The topological polar surface area (TPSA) is 136 Å². The Labute approximate surface area is 216 Å². The molecule has 0 aliphatic rings. The van der Waals surface area contributed by atoms with E-state index in [-0.39, 0.29) is 18.3 Å². The number of hydrogen-bond donors (Lipinski definition) is 2. The molecule has 0 bridgehead atoms. The van der Waals surface area contributed by atoms with Crippen LogP contribution >= 0.6 is 11.3 Å². The number of nitrogens with one attached hydrogen (secondary N) is 2. The number of furan rings is 1. The highest BCUT2D eigenvalue weighted by molar-refractivity contribution is 7.15. The number of hydrogen-bond acceptors (Lipinski definition) is 9. The second kappa shape index (κ2) is 11.9. The highest BCUT2D eigenvalue weighted by Gasteiger charge is 2.14. The molecule has 0 saturated heterocycles.